The van der Waals surface area contributed by atoms with Crippen molar-refractivity contribution in [1.82, 2.24) is 0 Å². The molecule has 0 saturated heterocycles. The van der Waals surface area contributed by atoms with Gasteiger partial charge in [-0.25, -0.2) is 0 Å². The first-order chi connectivity index (χ1) is 7.59. The van der Waals surface area contributed by atoms with E-state index in [9.17, 15) is 0 Å². The number of hydrogen-bond acceptors (Lipinski definition) is 4. The van der Waals surface area contributed by atoms with Gasteiger partial charge in [-0.1, -0.05) is 18.2 Å². The van der Waals surface area contributed by atoms with Gasteiger partial charge >= 0.3 is 0 Å². The summed E-state index contributed by atoms with van der Waals surface area (Å²) in [5, 5.41) is 0. The zero-order valence-corrected chi connectivity index (χ0v) is 8.93. The zero-order valence-electron chi connectivity index (χ0n) is 8.93. The van der Waals surface area contributed by atoms with Crippen LogP contribution < -0.4 is 22.9 Å². The molecule has 0 atom stereocenters. The molecule has 4 heteroatoms. The molecule has 0 fully saturated rings. The van der Waals surface area contributed by atoms with Crippen molar-refractivity contribution in [2.45, 2.75) is 0 Å². The molecule has 16 heavy (non-hydrogen) atoms. The van der Waals surface area contributed by atoms with Gasteiger partial charge in [0.1, 0.15) is 0 Å². The maximum absolute atomic E-state index is 5.42. The molecule has 0 aromatic heterocycles. The third kappa shape index (κ3) is 3.79. The van der Waals surface area contributed by atoms with E-state index < -0.39 is 0 Å². The van der Waals surface area contributed by atoms with E-state index in [1.54, 1.807) is 18.2 Å². The summed E-state index contributed by atoms with van der Waals surface area (Å²) in [6, 6.07) is 14.5. The Balaban J connectivity index is 0.000000165. The molecule has 0 aliphatic rings. The topological polar surface area (TPSA) is 104 Å². The molecule has 0 spiro atoms. The van der Waals surface area contributed by atoms with Gasteiger partial charge in [-0.05, 0) is 30.3 Å². The van der Waals surface area contributed by atoms with Crippen LogP contribution in [0.3, 0.4) is 0 Å². The van der Waals surface area contributed by atoms with Gasteiger partial charge in [-0.3, -0.25) is 0 Å². The normalized spacial score (nSPS) is 9.00. The first-order valence-corrected chi connectivity index (χ1v) is 4.80. The van der Waals surface area contributed by atoms with E-state index in [2.05, 4.69) is 0 Å². The molecule has 2 rings (SSSR count). The first kappa shape index (κ1) is 11.7. The minimum Gasteiger partial charge on any atom is -0.399 e. The fourth-order valence-corrected chi connectivity index (χ4v) is 1.05. The SMILES string of the molecule is Nc1ccc(N)c(N)c1.Nc1ccccc1. The van der Waals surface area contributed by atoms with Crippen molar-refractivity contribution >= 4 is 22.7 Å². The summed E-state index contributed by atoms with van der Waals surface area (Å²) < 4.78 is 0. The Morgan fingerprint density at radius 1 is 0.562 bits per heavy atom. The van der Waals surface area contributed by atoms with Crippen molar-refractivity contribution in [3.05, 3.63) is 48.5 Å². The average molecular weight is 216 g/mol. The van der Waals surface area contributed by atoms with E-state index in [0.717, 1.165) is 5.69 Å². The summed E-state index contributed by atoms with van der Waals surface area (Å²) in [6.45, 7) is 0. The molecule has 8 N–H and O–H groups in total. The zero-order chi connectivity index (χ0) is 12.0. The van der Waals surface area contributed by atoms with Crippen LogP contribution >= 0.6 is 0 Å². The lowest BCUT2D eigenvalue weighted by atomic mass is 10.2. The molecule has 0 radical (unpaired) electrons. The Bertz CT molecular complexity index is 440. The van der Waals surface area contributed by atoms with E-state index in [4.69, 9.17) is 22.9 Å². The highest BCUT2D eigenvalue weighted by Gasteiger charge is 1.90. The van der Waals surface area contributed by atoms with Crippen LogP contribution in [0.25, 0.3) is 0 Å². The third-order valence-corrected chi connectivity index (χ3v) is 1.91. The van der Waals surface area contributed by atoms with Crippen LogP contribution in [0, 0.1) is 0 Å². The molecular weight excluding hydrogens is 200 g/mol. The van der Waals surface area contributed by atoms with Gasteiger partial charge < -0.3 is 22.9 Å². The maximum Gasteiger partial charge on any atom is 0.0568 e. The van der Waals surface area contributed by atoms with Crippen LogP contribution in [0.5, 0.6) is 0 Å². The second-order valence-electron chi connectivity index (χ2n) is 3.30. The molecule has 0 saturated carbocycles. The fraction of sp³-hybridized carbons (Fsp3) is 0. The lowest BCUT2D eigenvalue weighted by Gasteiger charge is -1.98. The monoisotopic (exact) mass is 216 g/mol. The highest BCUT2D eigenvalue weighted by Crippen LogP contribution is 2.16. The molecule has 0 heterocycles. The summed E-state index contributed by atoms with van der Waals surface area (Å²) >= 11 is 0. The predicted molar refractivity (Wildman–Crippen MR) is 70.5 cm³/mol. The number of nitrogen functional groups attached to an aromatic ring is 4. The van der Waals surface area contributed by atoms with Crippen LogP contribution in [0.4, 0.5) is 22.7 Å². The highest BCUT2D eigenvalue weighted by molar-refractivity contribution is 5.67. The molecular formula is C12H16N4. The van der Waals surface area contributed by atoms with E-state index in [1.807, 2.05) is 30.3 Å². The summed E-state index contributed by atoms with van der Waals surface area (Å²) in [5.41, 5.74) is 24.1. The van der Waals surface area contributed by atoms with Gasteiger partial charge in [-0.15, -0.1) is 0 Å². The third-order valence-electron chi connectivity index (χ3n) is 1.91. The van der Waals surface area contributed by atoms with Gasteiger partial charge in [0.25, 0.3) is 0 Å². The maximum atomic E-state index is 5.42. The number of rotatable bonds is 0. The first-order valence-electron chi connectivity index (χ1n) is 4.80. The van der Waals surface area contributed by atoms with E-state index in [1.165, 1.54) is 0 Å². The number of benzene rings is 2. The van der Waals surface area contributed by atoms with Crippen LogP contribution in [0.1, 0.15) is 0 Å². The Kier molecular flexibility index (Phi) is 4.03. The average Bonchev–Trinajstić information content (AvgIpc) is 2.26. The minimum atomic E-state index is 0.537. The van der Waals surface area contributed by atoms with Crippen molar-refractivity contribution in [3.8, 4) is 0 Å². The number of anilines is 4. The molecule has 84 valence electrons. The van der Waals surface area contributed by atoms with Crippen molar-refractivity contribution in [3.63, 3.8) is 0 Å². The smallest absolute Gasteiger partial charge is 0.0568 e. The Morgan fingerprint density at radius 2 is 1.19 bits per heavy atom. The van der Waals surface area contributed by atoms with Crippen molar-refractivity contribution in [2.24, 2.45) is 0 Å². The number of para-hydroxylation sites is 1. The summed E-state index contributed by atoms with van der Waals surface area (Å²) in [4.78, 5) is 0. The number of nitrogens with two attached hydrogens (primary N) is 4. The van der Waals surface area contributed by atoms with E-state index in [-0.39, 0.29) is 0 Å². The van der Waals surface area contributed by atoms with Gasteiger partial charge in [0.15, 0.2) is 0 Å². The van der Waals surface area contributed by atoms with Crippen LogP contribution in [0.2, 0.25) is 0 Å². The minimum absolute atomic E-state index is 0.537. The molecule has 4 nitrogen and oxygen atoms in total. The second kappa shape index (κ2) is 5.50. The van der Waals surface area contributed by atoms with Crippen molar-refractivity contribution in [2.75, 3.05) is 22.9 Å². The molecule has 0 amide bonds. The quantitative estimate of drug-likeness (QED) is 0.503. The van der Waals surface area contributed by atoms with E-state index >= 15 is 0 Å². The molecule has 2 aromatic carbocycles. The molecule has 0 bridgehead atoms. The fourth-order valence-electron chi connectivity index (χ4n) is 1.05. The summed E-state index contributed by atoms with van der Waals surface area (Å²) in [5.74, 6) is 0. The number of hydrogen-bond donors (Lipinski definition) is 4. The van der Waals surface area contributed by atoms with Crippen LogP contribution in [-0.2, 0) is 0 Å². The lowest BCUT2D eigenvalue weighted by molar-refractivity contribution is 1.65. The lowest BCUT2D eigenvalue weighted by Crippen LogP contribution is -1.95. The molecule has 0 aliphatic carbocycles. The highest BCUT2D eigenvalue weighted by atomic mass is 14.7. The molecule has 0 unspecified atom stereocenters. The predicted octanol–water partition coefficient (Wildman–Crippen LogP) is 1.70. The largest absolute Gasteiger partial charge is 0.399 e. The summed E-state index contributed by atoms with van der Waals surface area (Å²) in [7, 11) is 0. The van der Waals surface area contributed by atoms with E-state index in [0.29, 0.717) is 17.1 Å². The van der Waals surface area contributed by atoms with Crippen molar-refractivity contribution < 1.29 is 0 Å². The van der Waals surface area contributed by atoms with Gasteiger partial charge in [0.2, 0.25) is 0 Å². The Hall–Kier alpha value is -2.36. The Labute approximate surface area is 94.9 Å². The van der Waals surface area contributed by atoms with Crippen molar-refractivity contribution in [1.29, 1.82) is 0 Å². The summed E-state index contributed by atoms with van der Waals surface area (Å²) in [6.07, 6.45) is 0. The van der Waals surface area contributed by atoms with Crippen LogP contribution in [0.15, 0.2) is 48.5 Å². The standard InChI is InChI=1S/C6H9N3.C6H7N/c7-4-1-2-5(8)6(9)3-4;7-6-4-2-1-3-5-6/h1-3H,7-9H2;1-5H,7H2. The van der Waals surface area contributed by atoms with Gasteiger partial charge in [0, 0.05) is 11.4 Å². The second-order valence-corrected chi connectivity index (χ2v) is 3.30. The van der Waals surface area contributed by atoms with Gasteiger partial charge in [-0.2, -0.15) is 0 Å². The van der Waals surface area contributed by atoms with Crippen LogP contribution in [-0.4, -0.2) is 0 Å². The van der Waals surface area contributed by atoms with Gasteiger partial charge in [0.05, 0.1) is 11.4 Å². The molecule has 0 aliphatic heterocycles. The molecule has 2 aromatic rings. The Morgan fingerprint density at radius 3 is 1.56 bits per heavy atom.